The van der Waals surface area contributed by atoms with Crippen LogP contribution in [0.25, 0.3) is 0 Å². The smallest absolute Gasteiger partial charge is 0.0108 e. The third-order valence-corrected chi connectivity index (χ3v) is 4.77. The number of nitrogens with one attached hydrogen (secondary N) is 1. The van der Waals surface area contributed by atoms with Crippen LogP contribution in [-0.2, 0) is 0 Å². The molecule has 80 valence electrons. The van der Waals surface area contributed by atoms with Gasteiger partial charge in [0.15, 0.2) is 0 Å². The fourth-order valence-corrected chi connectivity index (χ4v) is 4.40. The summed E-state index contributed by atoms with van der Waals surface area (Å²) in [5, 5.41) is 3.81. The summed E-state index contributed by atoms with van der Waals surface area (Å²) in [5.41, 5.74) is 0.317. The molecule has 2 bridgehead atoms. The Labute approximate surface area is 87.7 Å². The molecule has 0 aromatic rings. The zero-order valence-electron chi connectivity index (χ0n) is 9.72. The van der Waals surface area contributed by atoms with Crippen LogP contribution in [0.3, 0.4) is 0 Å². The van der Waals surface area contributed by atoms with E-state index in [1.54, 1.807) is 12.8 Å². The predicted molar refractivity (Wildman–Crippen MR) is 59.1 cm³/mol. The summed E-state index contributed by atoms with van der Waals surface area (Å²) in [6.45, 7) is 6.90. The topological polar surface area (TPSA) is 12.0 Å². The molecule has 5 atom stereocenters. The second-order valence-corrected chi connectivity index (χ2v) is 6.81. The second-order valence-electron chi connectivity index (χ2n) is 6.81. The minimum atomic E-state index is 0.317. The van der Waals surface area contributed by atoms with E-state index in [-0.39, 0.29) is 0 Å². The van der Waals surface area contributed by atoms with E-state index in [1.807, 2.05) is 0 Å². The van der Waals surface area contributed by atoms with E-state index in [1.165, 1.54) is 12.8 Å². The lowest BCUT2D eigenvalue weighted by Gasteiger charge is -2.50. The Morgan fingerprint density at radius 1 is 1.00 bits per heavy atom. The van der Waals surface area contributed by atoms with Crippen molar-refractivity contribution in [1.82, 2.24) is 5.32 Å². The third kappa shape index (κ3) is 1.25. The number of fused-ring (bicyclic) bond motifs is 5. The Kier molecular flexibility index (Phi) is 1.81. The van der Waals surface area contributed by atoms with Crippen molar-refractivity contribution in [2.45, 2.75) is 58.0 Å². The summed E-state index contributed by atoms with van der Waals surface area (Å²) in [4.78, 5) is 0. The predicted octanol–water partition coefficient (Wildman–Crippen LogP) is 2.81. The molecule has 3 aliphatic rings. The van der Waals surface area contributed by atoms with Crippen LogP contribution in [0, 0.1) is 23.7 Å². The summed E-state index contributed by atoms with van der Waals surface area (Å²) in [6, 6.07) is 0.857. The highest BCUT2D eigenvalue weighted by Crippen LogP contribution is 2.61. The van der Waals surface area contributed by atoms with Gasteiger partial charge in [0.1, 0.15) is 0 Å². The molecule has 3 fully saturated rings. The van der Waals surface area contributed by atoms with E-state index in [9.17, 15) is 0 Å². The highest BCUT2D eigenvalue weighted by Gasteiger charge is 2.57. The minimum Gasteiger partial charge on any atom is -0.309 e. The van der Waals surface area contributed by atoms with Crippen LogP contribution in [-0.4, -0.2) is 11.6 Å². The van der Waals surface area contributed by atoms with Gasteiger partial charge in [-0.1, -0.05) is 0 Å². The van der Waals surface area contributed by atoms with Crippen molar-refractivity contribution >= 4 is 0 Å². The largest absolute Gasteiger partial charge is 0.309 e. The first kappa shape index (κ1) is 9.21. The molecule has 0 radical (unpaired) electrons. The van der Waals surface area contributed by atoms with Crippen molar-refractivity contribution in [3.05, 3.63) is 0 Å². The first-order chi connectivity index (χ1) is 6.54. The summed E-state index contributed by atoms with van der Waals surface area (Å²) < 4.78 is 0. The standard InChI is InChI=1S/C13H23N/c1-13(2,3)14-11-7-10-8-4-5-9(6-8)12(10)11/h8-12,14H,4-7H2,1-3H3. The molecule has 3 aliphatic carbocycles. The normalized spacial score (nSPS) is 50.4. The molecule has 0 heterocycles. The van der Waals surface area contributed by atoms with E-state index < -0.39 is 0 Å². The van der Waals surface area contributed by atoms with Gasteiger partial charge in [-0.3, -0.25) is 0 Å². The quantitative estimate of drug-likeness (QED) is 0.675. The fourth-order valence-electron chi connectivity index (χ4n) is 4.40. The van der Waals surface area contributed by atoms with Gasteiger partial charge in [0.05, 0.1) is 0 Å². The van der Waals surface area contributed by atoms with Crippen LogP contribution in [0.2, 0.25) is 0 Å². The molecular formula is C13H23N. The molecule has 3 rings (SSSR count). The van der Waals surface area contributed by atoms with Crippen molar-refractivity contribution in [2.75, 3.05) is 0 Å². The Morgan fingerprint density at radius 2 is 1.71 bits per heavy atom. The van der Waals surface area contributed by atoms with Gasteiger partial charge in [0.2, 0.25) is 0 Å². The Bertz CT molecular complexity index is 238. The van der Waals surface area contributed by atoms with Crippen molar-refractivity contribution < 1.29 is 0 Å². The molecule has 0 aliphatic heterocycles. The molecule has 0 aromatic carbocycles. The first-order valence-electron chi connectivity index (χ1n) is 6.32. The fraction of sp³-hybridized carbons (Fsp3) is 1.00. The van der Waals surface area contributed by atoms with Crippen LogP contribution in [0.1, 0.15) is 46.5 Å². The van der Waals surface area contributed by atoms with Crippen LogP contribution in [0.4, 0.5) is 0 Å². The van der Waals surface area contributed by atoms with Crippen LogP contribution in [0.15, 0.2) is 0 Å². The summed E-state index contributed by atoms with van der Waals surface area (Å²) >= 11 is 0. The van der Waals surface area contributed by atoms with Gasteiger partial charge in [0, 0.05) is 11.6 Å². The monoisotopic (exact) mass is 193 g/mol. The third-order valence-electron chi connectivity index (χ3n) is 4.77. The molecular weight excluding hydrogens is 170 g/mol. The van der Waals surface area contributed by atoms with Gasteiger partial charge < -0.3 is 5.32 Å². The van der Waals surface area contributed by atoms with Gasteiger partial charge in [-0.05, 0) is 70.1 Å². The maximum atomic E-state index is 3.81. The van der Waals surface area contributed by atoms with Crippen LogP contribution >= 0.6 is 0 Å². The van der Waals surface area contributed by atoms with Crippen LogP contribution in [0.5, 0.6) is 0 Å². The number of hydrogen-bond acceptors (Lipinski definition) is 1. The molecule has 0 saturated heterocycles. The summed E-state index contributed by atoms with van der Waals surface area (Å²) in [7, 11) is 0. The molecule has 0 aromatic heterocycles. The van der Waals surface area contributed by atoms with Crippen LogP contribution < -0.4 is 5.32 Å². The van der Waals surface area contributed by atoms with E-state index in [0.29, 0.717) is 5.54 Å². The van der Waals surface area contributed by atoms with Gasteiger partial charge in [0.25, 0.3) is 0 Å². The molecule has 1 heteroatoms. The van der Waals surface area contributed by atoms with E-state index in [4.69, 9.17) is 0 Å². The molecule has 1 nitrogen and oxygen atoms in total. The van der Waals surface area contributed by atoms with Crippen molar-refractivity contribution in [3.8, 4) is 0 Å². The minimum absolute atomic E-state index is 0.317. The van der Waals surface area contributed by atoms with Gasteiger partial charge in [-0.2, -0.15) is 0 Å². The maximum absolute atomic E-state index is 3.81. The van der Waals surface area contributed by atoms with Crippen molar-refractivity contribution in [1.29, 1.82) is 0 Å². The molecule has 3 saturated carbocycles. The van der Waals surface area contributed by atoms with Gasteiger partial charge >= 0.3 is 0 Å². The van der Waals surface area contributed by atoms with E-state index >= 15 is 0 Å². The lowest BCUT2D eigenvalue weighted by molar-refractivity contribution is 0.0354. The first-order valence-corrected chi connectivity index (χ1v) is 6.32. The summed E-state index contributed by atoms with van der Waals surface area (Å²) in [5.74, 6) is 4.41. The zero-order valence-corrected chi connectivity index (χ0v) is 9.72. The lowest BCUT2D eigenvalue weighted by atomic mass is 9.62. The highest BCUT2D eigenvalue weighted by molar-refractivity contribution is 5.09. The molecule has 5 unspecified atom stereocenters. The Hall–Kier alpha value is -0.0400. The average Bonchev–Trinajstić information content (AvgIpc) is 2.53. The number of hydrogen-bond donors (Lipinski definition) is 1. The van der Waals surface area contributed by atoms with E-state index in [2.05, 4.69) is 26.1 Å². The summed E-state index contributed by atoms with van der Waals surface area (Å²) in [6.07, 6.45) is 6.13. The highest BCUT2D eigenvalue weighted by atomic mass is 15.0. The SMILES string of the molecule is CC(C)(C)NC1CC2C3CCC(C3)C12. The molecule has 14 heavy (non-hydrogen) atoms. The zero-order chi connectivity index (χ0) is 9.92. The molecule has 0 amide bonds. The number of rotatable bonds is 1. The molecule has 0 spiro atoms. The lowest BCUT2D eigenvalue weighted by Crippen LogP contribution is -2.57. The van der Waals surface area contributed by atoms with Crippen molar-refractivity contribution in [3.63, 3.8) is 0 Å². The van der Waals surface area contributed by atoms with E-state index in [0.717, 1.165) is 29.7 Å². The molecule has 1 N–H and O–H groups in total. The Balaban J connectivity index is 1.66. The maximum Gasteiger partial charge on any atom is 0.0108 e. The second kappa shape index (κ2) is 2.75. The van der Waals surface area contributed by atoms with Gasteiger partial charge in [-0.15, -0.1) is 0 Å². The Morgan fingerprint density at radius 3 is 2.36 bits per heavy atom. The average molecular weight is 193 g/mol. The van der Waals surface area contributed by atoms with Crippen molar-refractivity contribution in [2.24, 2.45) is 23.7 Å². The van der Waals surface area contributed by atoms with Gasteiger partial charge in [-0.25, -0.2) is 0 Å².